The molecule has 0 aromatic heterocycles. The van der Waals surface area contributed by atoms with Crippen molar-refractivity contribution in [3.8, 4) is 0 Å². The van der Waals surface area contributed by atoms with Crippen LogP contribution in [0.2, 0.25) is 0 Å². The van der Waals surface area contributed by atoms with Crippen LogP contribution < -0.4 is 0 Å². The molecule has 1 unspecified atom stereocenters. The summed E-state index contributed by atoms with van der Waals surface area (Å²) in [6.45, 7) is 0. The summed E-state index contributed by atoms with van der Waals surface area (Å²) in [4.78, 5) is 0. The molecule has 23 heteroatoms. The van der Waals surface area contributed by atoms with E-state index < -0.39 is 64.0 Å². The van der Waals surface area contributed by atoms with Crippen molar-refractivity contribution in [1.29, 1.82) is 0 Å². The van der Waals surface area contributed by atoms with Crippen molar-refractivity contribution >= 4 is 10.2 Å². The molecule has 0 heterocycles. The van der Waals surface area contributed by atoms with Crippen molar-refractivity contribution in [3.63, 3.8) is 0 Å². The van der Waals surface area contributed by atoms with E-state index in [1.165, 1.54) is 4.74 Å². The molecule has 0 bridgehead atoms. The van der Waals surface area contributed by atoms with Gasteiger partial charge in [0.1, 0.15) is 0 Å². The number of alkyl halides is 10. The number of hydrogen-bond acceptors (Lipinski definition) is 4. The maximum atomic E-state index is 13.3. The van der Waals surface area contributed by atoms with Gasteiger partial charge in [-0.2, -0.15) is 83.1 Å². The van der Waals surface area contributed by atoms with Gasteiger partial charge in [-0.3, -0.25) is 4.74 Å². The van der Waals surface area contributed by atoms with Crippen LogP contribution in [0, 0.1) is 0 Å². The quantitative estimate of drug-likeness (QED) is 0.212. The SMILES string of the molecule is FC(F)=C(F)F.O=S(=O)(F)C(F)(F)C(F)(F)OC(F)(C(F)(F)F)C(F)(F)OC(F)=C(F)F. The largest absolute Gasteiger partial charge is 0.471 e. The Hall–Kier alpha value is -2.07. The van der Waals surface area contributed by atoms with Crippen molar-refractivity contribution < 1.29 is 96.4 Å². The van der Waals surface area contributed by atoms with Crippen molar-refractivity contribution in [3.05, 3.63) is 24.3 Å². The molecule has 0 saturated heterocycles. The first-order valence-corrected chi connectivity index (χ1v) is 7.35. The first-order chi connectivity index (χ1) is 13.7. The van der Waals surface area contributed by atoms with Gasteiger partial charge in [-0.25, -0.2) is 0 Å². The summed E-state index contributed by atoms with van der Waals surface area (Å²) >= 11 is 0. The van der Waals surface area contributed by atoms with Gasteiger partial charge in [-0.15, -0.1) is 0 Å². The number of rotatable bonds is 7. The smallest absolute Gasteiger partial charge is 0.398 e. The van der Waals surface area contributed by atoms with Gasteiger partial charge in [-0.1, -0.05) is 3.89 Å². The maximum Gasteiger partial charge on any atom is 0.471 e. The molecule has 0 fully saturated rings. The lowest BCUT2D eigenvalue weighted by Crippen LogP contribution is -2.64. The Kier molecular flexibility index (Phi) is 9.86. The van der Waals surface area contributed by atoms with Gasteiger partial charge in [0, 0.05) is 0 Å². The highest BCUT2D eigenvalue weighted by Crippen LogP contribution is 2.53. The molecule has 0 N–H and O–H groups in total. The molecule has 4 nitrogen and oxygen atoms in total. The summed E-state index contributed by atoms with van der Waals surface area (Å²) in [5.74, 6) is -7.57. The van der Waals surface area contributed by atoms with Crippen LogP contribution in [0.4, 0.5) is 78.5 Å². The first kappa shape index (κ1) is 32.1. The second-order valence-electron chi connectivity index (χ2n) is 4.34. The summed E-state index contributed by atoms with van der Waals surface area (Å²) < 4.78 is 238. The molecule has 0 saturated carbocycles. The summed E-state index contributed by atoms with van der Waals surface area (Å²) in [5.41, 5.74) is 0. The predicted molar refractivity (Wildman–Crippen MR) is 58.7 cm³/mol. The first-order valence-electron chi connectivity index (χ1n) is 5.97. The minimum atomic E-state index is -7.89. The molecule has 32 heavy (non-hydrogen) atoms. The van der Waals surface area contributed by atoms with Crippen LogP contribution in [0.5, 0.6) is 0 Å². The molecule has 0 aromatic carbocycles. The van der Waals surface area contributed by atoms with Crippen LogP contribution in [0.25, 0.3) is 0 Å². The highest BCUT2D eigenvalue weighted by molar-refractivity contribution is 7.87. The van der Waals surface area contributed by atoms with Gasteiger partial charge in [-0.05, 0) is 0 Å². The Balaban J connectivity index is 0. The summed E-state index contributed by atoms with van der Waals surface area (Å²) in [7, 11) is -7.89. The van der Waals surface area contributed by atoms with Crippen molar-refractivity contribution in [2.75, 3.05) is 0 Å². The van der Waals surface area contributed by atoms with E-state index >= 15 is 0 Å². The Bertz CT molecular complexity index is 806. The molecule has 0 spiro atoms. The van der Waals surface area contributed by atoms with Crippen molar-refractivity contribution in [2.45, 2.75) is 29.5 Å². The molecule has 192 valence electrons. The van der Waals surface area contributed by atoms with Crippen LogP contribution in [-0.2, 0) is 19.7 Å². The number of hydrogen-bond donors (Lipinski definition) is 0. The normalized spacial score (nSPS) is 15.2. The van der Waals surface area contributed by atoms with E-state index in [4.69, 9.17) is 0 Å². The van der Waals surface area contributed by atoms with Crippen molar-refractivity contribution in [1.82, 2.24) is 0 Å². The summed E-state index contributed by atoms with van der Waals surface area (Å²) in [6, 6.07) is -3.97. The van der Waals surface area contributed by atoms with Crippen LogP contribution in [0.3, 0.4) is 0 Å². The van der Waals surface area contributed by atoms with Crippen LogP contribution in [0.1, 0.15) is 0 Å². The molecule has 0 aromatic rings. The molecule has 0 rings (SSSR count). The average molecular weight is 546 g/mol. The third-order valence-electron chi connectivity index (χ3n) is 2.16. The zero-order chi connectivity index (χ0) is 26.7. The zero-order valence-corrected chi connectivity index (χ0v) is 14.2. The molecule has 0 aliphatic rings. The van der Waals surface area contributed by atoms with Gasteiger partial charge < -0.3 is 4.74 Å². The van der Waals surface area contributed by atoms with Crippen LogP contribution in [0.15, 0.2) is 24.3 Å². The maximum absolute atomic E-state index is 13.3. The third-order valence-corrected chi connectivity index (χ3v) is 3.01. The minimum Gasteiger partial charge on any atom is -0.398 e. The second-order valence-corrected chi connectivity index (χ2v) is 5.73. The van der Waals surface area contributed by atoms with Crippen LogP contribution in [-0.4, -0.2) is 37.9 Å². The highest BCUT2D eigenvalue weighted by Gasteiger charge is 2.82. The van der Waals surface area contributed by atoms with E-state index in [-0.39, 0.29) is 0 Å². The molecular weight excluding hydrogens is 546 g/mol. The fraction of sp³-hybridized carbons (Fsp3) is 0.556. The molecule has 1 atom stereocenters. The molecule has 0 amide bonds. The van der Waals surface area contributed by atoms with Crippen LogP contribution >= 0.6 is 0 Å². The lowest BCUT2D eigenvalue weighted by molar-refractivity contribution is -0.510. The second kappa shape index (κ2) is 9.82. The topological polar surface area (TPSA) is 52.6 Å². The van der Waals surface area contributed by atoms with E-state index in [2.05, 4.69) is 0 Å². The minimum absolute atomic E-state index is 1.42. The summed E-state index contributed by atoms with van der Waals surface area (Å²) in [6.07, 6.45) is -32.1. The molecule has 0 aliphatic carbocycles. The Labute approximate surface area is 161 Å². The number of halogens is 18. The number of ether oxygens (including phenoxy) is 2. The zero-order valence-electron chi connectivity index (χ0n) is 13.3. The van der Waals surface area contributed by atoms with Gasteiger partial charge in [0.15, 0.2) is 0 Å². The monoisotopic (exact) mass is 546 g/mol. The molecule has 0 radical (unpaired) electrons. The predicted octanol–water partition coefficient (Wildman–Crippen LogP) is 6.35. The highest BCUT2D eigenvalue weighted by atomic mass is 32.3. The molecule has 0 aliphatic heterocycles. The standard InChI is InChI=1S/C7F14O4S.C2F4/c8-1(9)2(10)24-5(15,16)3(11,4(12,13)14)25-6(17,18)7(19,20)26(21,22)23;3-1(4)2(5)6. The van der Waals surface area contributed by atoms with Gasteiger partial charge >= 0.3 is 64.0 Å². The Morgan fingerprint density at radius 1 is 0.594 bits per heavy atom. The van der Waals surface area contributed by atoms with Gasteiger partial charge in [0.25, 0.3) is 0 Å². The van der Waals surface area contributed by atoms with E-state index in [9.17, 15) is 86.9 Å². The molecular formula is C9F18O4S. The van der Waals surface area contributed by atoms with E-state index in [0.717, 1.165) is 0 Å². The Morgan fingerprint density at radius 3 is 1.16 bits per heavy atom. The van der Waals surface area contributed by atoms with Gasteiger partial charge in [0.2, 0.25) is 0 Å². The van der Waals surface area contributed by atoms with Gasteiger partial charge in [0.05, 0.1) is 0 Å². The fourth-order valence-corrected chi connectivity index (χ4v) is 1.20. The Morgan fingerprint density at radius 2 is 0.938 bits per heavy atom. The fourth-order valence-electron chi connectivity index (χ4n) is 0.877. The van der Waals surface area contributed by atoms with E-state index in [1.807, 2.05) is 4.74 Å². The third kappa shape index (κ3) is 7.23. The van der Waals surface area contributed by atoms with Crippen molar-refractivity contribution in [2.24, 2.45) is 0 Å². The average Bonchev–Trinajstić information content (AvgIpc) is 2.51. The van der Waals surface area contributed by atoms with E-state index in [1.54, 1.807) is 0 Å². The lowest BCUT2D eigenvalue weighted by Gasteiger charge is -2.36. The lowest BCUT2D eigenvalue weighted by atomic mass is 10.2. The summed E-state index contributed by atoms with van der Waals surface area (Å²) in [5, 5.41) is -7.38. The van der Waals surface area contributed by atoms with E-state index in [0.29, 0.717) is 0 Å².